The van der Waals surface area contributed by atoms with E-state index in [1.54, 1.807) is 0 Å². The highest BCUT2D eigenvalue weighted by Gasteiger charge is 2.15. The normalized spacial score (nSPS) is 25.5. The number of nitrogens with zero attached hydrogens (tertiary/aromatic N) is 1. The summed E-state index contributed by atoms with van der Waals surface area (Å²) in [4.78, 5) is 4.39. The Hall–Kier alpha value is -0.570. The van der Waals surface area contributed by atoms with Crippen LogP contribution in [0.15, 0.2) is 4.99 Å². The lowest BCUT2D eigenvalue weighted by Gasteiger charge is -2.23. The van der Waals surface area contributed by atoms with Crippen molar-refractivity contribution < 1.29 is 4.74 Å². The zero-order valence-corrected chi connectivity index (χ0v) is 7.38. The van der Waals surface area contributed by atoms with E-state index in [0.717, 1.165) is 39.0 Å². The van der Waals surface area contributed by atoms with Gasteiger partial charge in [-0.15, -0.1) is 0 Å². The molecule has 3 nitrogen and oxygen atoms in total. The van der Waals surface area contributed by atoms with Gasteiger partial charge in [0.15, 0.2) is 0 Å². The van der Waals surface area contributed by atoms with E-state index in [4.69, 9.17) is 4.74 Å². The number of ether oxygens (including phenoxy) is 1. The van der Waals surface area contributed by atoms with Crippen LogP contribution in [0.3, 0.4) is 0 Å². The molecular formula is C9H16N2O. The SMILES string of the molecule is C1CN=C(NC2CCOCC2)C1. The maximum absolute atomic E-state index is 5.28. The Morgan fingerprint density at radius 2 is 2.17 bits per heavy atom. The van der Waals surface area contributed by atoms with Gasteiger partial charge in [-0.3, -0.25) is 4.99 Å². The summed E-state index contributed by atoms with van der Waals surface area (Å²) >= 11 is 0. The van der Waals surface area contributed by atoms with Crippen LogP contribution in [0.2, 0.25) is 0 Å². The van der Waals surface area contributed by atoms with E-state index in [9.17, 15) is 0 Å². The summed E-state index contributed by atoms with van der Waals surface area (Å²) in [6.07, 6.45) is 4.65. The van der Waals surface area contributed by atoms with Gasteiger partial charge in [0.1, 0.15) is 0 Å². The molecular weight excluding hydrogens is 152 g/mol. The summed E-state index contributed by atoms with van der Waals surface area (Å²) in [7, 11) is 0. The molecule has 12 heavy (non-hydrogen) atoms. The number of hydrogen-bond donors (Lipinski definition) is 1. The lowest BCUT2D eigenvalue weighted by atomic mass is 10.1. The zero-order valence-electron chi connectivity index (χ0n) is 7.38. The fourth-order valence-corrected chi connectivity index (χ4v) is 1.73. The van der Waals surface area contributed by atoms with Gasteiger partial charge in [0.25, 0.3) is 0 Å². The molecule has 0 aliphatic carbocycles. The summed E-state index contributed by atoms with van der Waals surface area (Å²) in [6.45, 7) is 2.83. The number of nitrogens with one attached hydrogen (secondary N) is 1. The van der Waals surface area contributed by atoms with Gasteiger partial charge in [-0.2, -0.15) is 0 Å². The summed E-state index contributed by atoms with van der Waals surface area (Å²) in [6, 6.07) is 0.621. The van der Waals surface area contributed by atoms with Crippen molar-refractivity contribution in [3.05, 3.63) is 0 Å². The molecule has 2 heterocycles. The van der Waals surface area contributed by atoms with Crippen LogP contribution in [0, 0.1) is 0 Å². The molecule has 0 aromatic rings. The molecule has 2 aliphatic heterocycles. The van der Waals surface area contributed by atoms with Crippen molar-refractivity contribution in [2.75, 3.05) is 19.8 Å². The highest BCUT2D eigenvalue weighted by atomic mass is 16.5. The minimum absolute atomic E-state index is 0.621. The monoisotopic (exact) mass is 168 g/mol. The molecule has 3 heteroatoms. The zero-order chi connectivity index (χ0) is 8.23. The van der Waals surface area contributed by atoms with Gasteiger partial charge in [-0.1, -0.05) is 0 Å². The predicted octanol–water partition coefficient (Wildman–Crippen LogP) is 0.947. The van der Waals surface area contributed by atoms with E-state index < -0.39 is 0 Å². The molecule has 2 aliphatic rings. The van der Waals surface area contributed by atoms with E-state index >= 15 is 0 Å². The molecule has 0 aromatic carbocycles. The molecule has 0 radical (unpaired) electrons. The average molecular weight is 168 g/mol. The van der Waals surface area contributed by atoms with Crippen LogP contribution < -0.4 is 5.32 Å². The second-order valence-electron chi connectivity index (χ2n) is 3.46. The minimum Gasteiger partial charge on any atom is -0.381 e. The third-order valence-corrected chi connectivity index (χ3v) is 2.47. The maximum Gasteiger partial charge on any atom is 0.0965 e. The van der Waals surface area contributed by atoms with Crippen LogP contribution in [0.1, 0.15) is 25.7 Å². The Bertz CT molecular complexity index is 173. The predicted molar refractivity (Wildman–Crippen MR) is 48.5 cm³/mol. The van der Waals surface area contributed by atoms with E-state index in [1.807, 2.05) is 0 Å². The smallest absolute Gasteiger partial charge is 0.0965 e. The average Bonchev–Trinajstić information content (AvgIpc) is 2.59. The van der Waals surface area contributed by atoms with E-state index in [-0.39, 0.29) is 0 Å². The fourth-order valence-electron chi connectivity index (χ4n) is 1.73. The molecule has 0 unspecified atom stereocenters. The summed E-state index contributed by atoms with van der Waals surface area (Å²) in [5.41, 5.74) is 0. The molecule has 2 rings (SSSR count). The van der Waals surface area contributed by atoms with Gasteiger partial charge >= 0.3 is 0 Å². The number of hydrogen-bond acceptors (Lipinski definition) is 3. The lowest BCUT2D eigenvalue weighted by molar-refractivity contribution is 0.0824. The molecule has 0 saturated carbocycles. The molecule has 1 saturated heterocycles. The van der Waals surface area contributed by atoms with Gasteiger partial charge in [-0.05, 0) is 19.3 Å². The van der Waals surface area contributed by atoms with Crippen molar-refractivity contribution in [2.24, 2.45) is 4.99 Å². The van der Waals surface area contributed by atoms with Crippen LogP contribution in [-0.4, -0.2) is 31.6 Å². The van der Waals surface area contributed by atoms with Crippen LogP contribution in [-0.2, 0) is 4.74 Å². The van der Waals surface area contributed by atoms with Crippen molar-refractivity contribution in [3.8, 4) is 0 Å². The van der Waals surface area contributed by atoms with E-state index in [2.05, 4.69) is 10.3 Å². The van der Waals surface area contributed by atoms with Gasteiger partial charge < -0.3 is 10.1 Å². The van der Waals surface area contributed by atoms with E-state index in [1.165, 1.54) is 12.3 Å². The van der Waals surface area contributed by atoms with E-state index in [0.29, 0.717) is 6.04 Å². The quantitative estimate of drug-likeness (QED) is 0.632. The Morgan fingerprint density at radius 1 is 1.33 bits per heavy atom. The number of aliphatic imine (C=N–C) groups is 1. The van der Waals surface area contributed by atoms with Crippen molar-refractivity contribution in [1.29, 1.82) is 0 Å². The topological polar surface area (TPSA) is 33.6 Å². The lowest BCUT2D eigenvalue weighted by Crippen LogP contribution is -2.38. The second-order valence-corrected chi connectivity index (χ2v) is 3.46. The first-order valence-electron chi connectivity index (χ1n) is 4.83. The van der Waals surface area contributed by atoms with Crippen molar-refractivity contribution in [2.45, 2.75) is 31.7 Å². The first-order valence-corrected chi connectivity index (χ1v) is 4.83. The molecule has 0 aromatic heterocycles. The van der Waals surface area contributed by atoms with Crippen molar-refractivity contribution in [1.82, 2.24) is 5.32 Å². The standard InChI is InChI=1S/C9H16N2O/c1-2-9(10-5-1)11-8-3-6-12-7-4-8/h8H,1-7H2,(H,10,11). The Kier molecular flexibility index (Phi) is 2.61. The molecule has 0 atom stereocenters. The van der Waals surface area contributed by atoms with Gasteiger partial charge in [0.05, 0.1) is 5.84 Å². The molecule has 0 spiro atoms. The second kappa shape index (κ2) is 3.90. The van der Waals surface area contributed by atoms with Gasteiger partial charge in [0.2, 0.25) is 0 Å². The van der Waals surface area contributed by atoms with Crippen molar-refractivity contribution in [3.63, 3.8) is 0 Å². The Labute approximate surface area is 73.2 Å². The van der Waals surface area contributed by atoms with Gasteiger partial charge in [0, 0.05) is 32.2 Å². The summed E-state index contributed by atoms with van der Waals surface area (Å²) < 4.78 is 5.28. The molecule has 1 N–H and O–H groups in total. The Balaban J connectivity index is 1.77. The van der Waals surface area contributed by atoms with Crippen molar-refractivity contribution >= 4 is 5.84 Å². The largest absolute Gasteiger partial charge is 0.381 e. The highest BCUT2D eigenvalue weighted by Crippen LogP contribution is 2.09. The van der Waals surface area contributed by atoms with Crippen LogP contribution >= 0.6 is 0 Å². The number of amidine groups is 1. The highest BCUT2D eigenvalue weighted by molar-refractivity contribution is 5.83. The first-order chi connectivity index (χ1) is 5.95. The molecule has 68 valence electrons. The Morgan fingerprint density at radius 3 is 2.83 bits per heavy atom. The first kappa shape index (κ1) is 8.05. The third-order valence-electron chi connectivity index (χ3n) is 2.47. The van der Waals surface area contributed by atoms with Crippen LogP contribution in [0.4, 0.5) is 0 Å². The minimum atomic E-state index is 0.621. The molecule has 0 bridgehead atoms. The number of rotatable bonds is 1. The van der Waals surface area contributed by atoms with Crippen LogP contribution in [0.5, 0.6) is 0 Å². The van der Waals surface area contributed by atoms with Crippen LogP contribution in [0.25, 0.3) is 0 Å². The summed E-state index contributed by atoms with van der Waals surface area (Å²) in [5.74, 6) is 1.22. The summed E-state index contributed by atoms with van der Waals surface area (Å²) in [5, 5.41) is 3.49. The maximum atomic E-state index is 5.28. The van der Waals surface area contributed by atoms with Gasteiger partial charge in [-0.25, -0.2) is 0 Å². The molecule has 0 amide bonds. The fraction of sp³-hybridized carbons (Fsp3) is 0.889. The molecule has 1 fully saturated rings. The third kappa shape index (κ3) is 1.97.